The first-order chi connectivity index (χ1) is 8.15. The molecule has 0 saturated carbocycles. The molecule has 0 radical (unpaired) electrons. The predicted molar refractivity (Wildman–Crippen MR) is 62.8 cm³/mol. The molecule has 2 rings (SSSR count). The largest absolute Gasteiger partial charge is 0.439 e. The number of hydrogen-bond acceptors (Lipinski definition) is 4. The molecule has 1 aromatic heterocycles. The second-order valence-electron chi connectivity index (χ2n) is 3.64. The van der Waals surface area contributed by atoms with Gasteiger partial charge in [-0.1, -0.05) is 18.2 Å². The summed E-state index contributed by atoms with van der Waals surface area (Å²) >= 11 is 0. The number of para-hydroxylation sites is 1. The molecule has 0 fully saturated rings. The number of aromatic nitrogens is 2. The van der Waals surface area contributed by atoms with Crippen LogP contribution in [0.2, 0.25) is 0 Å². The maximum Gasteiger partial charge on any atom is 0.230 e. The summed E-state index contributed by atoms with van der Waals surface area (Å²) in [6.07, 6.45) is 0. The van der Waals surface area contributed by atoms with Gasteiger partial charge in [0.05, 0.1) is 6.07 Å². The number of benzene rings is 1. The monoisotopic (exact) mass is 233 g/mol. The molecule has 88 valence electrons. The Bertz CT molecular complexity index is 502. The lowest BCUT2D eigenvalue weighted by Crippen LogP contribution is -2.13. The first-order valence-corrected chi connectivity index (χ1v) is 5.10. The highest BCUT2D eigenvalue weighted by Gasteiger charge is 2.07. The Balaban J connectivity index is 2.27. The molecule has 0 spiro atoms. The fourth-order valence-corrected chi connectivity index (χ4v) is 1.25. The Hall–Kier alpha value is -2.17. The van der Waals surface area contributed by atoms with E-state index in [2.05, 4.69) is 9.97 Å². The van der Waals surface area contributed by atoms with Gasteiger partial charge in [0.25, 0.3) is 0 Å². The lowest BCUT2D eigenvalue weighted by molar-refractivity contribution is 0.451. The summed E-state index contributed by atoms with van der Waals surface area (Å²) in [5, 5.41) is 0. The Morgan fingerprint density at radius 2 is 1.82 bits per heavy atom. The van der Waals surface area contributed by atoms with E-state index in [9.17, 15) is 4.39 Å². The zero-order chi connectivity index (χ0) is 12.3. The third-order valence-corrected chi connectivity index (χ3v) is 2.03. The minimum Gasteiger partial charge on any atom is -0.439 e. The van der Waals surface area contributed by atoms with Crippen molar-refractivity contribution < 1.29 is 9.13 Å². The van der Waals surface area contributed by atoms with Crippen molar-refractivity contribution in [3.63, 3.8) is 0 Å². The van der Waals surface area contributed by atoms with Crippen LogP contribution >= 0.6 is 0 Å². The number of nitrogens with zero attached hydrogens (tertiary/aromatic N) is 3. The highest BCUT2D eigenvalue weighted by molar-refractivity contribution is 5.32. The fraction of sp³-hybridized carbons (Fsp3) is 0.167. The molecule has 4 nitrogen and oxygen atoms in total. The van der Waals surface area contributed by atoms with E-state index < -0.39 is 5.95 Å². The third kappa shape index (κ3) is 2.90. The van der Waals surface area contributed by atoms with E-state index in [1.165, 1.54) is 0 Å². The van der Waals surface area contributed by atoms with E-state index in [0.717, 1.165) is 6.07 Å². The van der Waals surface area contributed by atoms with E-state index in [4.69, 9.17) is 4.74 Å². The van der Waals surface area contributed by atoms with Gasteiger partial charge in [0.15, 0.2) is 0 Å². The standard InChI is InChI=1S/C12H12FN3O/c1-16(2)12-14-10(13)8-11(15-12)17-9-6-4-3-5-7-9/h3-8H,1-2H3. The molecule has 2 aromatic rings. The lowest BCUT2D eigenvalue weighted by atomic mass is 10.3. The maximum atomic E-state index is 13.2. The fourth-order valence-electron chi connectivity index (χ4n) is 1.25. The van der Waals surface area contributed by atoms with Gasteiger partial charge in [0.2, 0.25) is 17.8 Å². The highest BCUT2D eigenvalue weighted by Crippen LogP contribution is 2.20. The van der Waals surface area contributed by atoms with Crippen molar-refractivity contribution in [1.82, 2.24) is 9.97 Å². The van der Waals surface area contributed by atoms with Crippen LogP contribution in [0, 0.1) is 5.95 Å². The van der Waals surface area contributed by atoms with Gasteiger partial charge >= 0.3 is 0 Å². The van der Waals surface area contributed by atoms with Crippen LogP contribution in [-0.4, -0.2) is 24.1 Å². The second-order valence-corrected chi connectivity index (χ2v) is 3.64. The van der Waals surface area contributed by atoms with Crippen LogP contribution in [0.15, 0.2) is 36.4 Å². The van der Waals surface area contributed by atoms with Crippen molar-refractivity contribution in [3.8, 4) is 11.6 Å². The average Bonchev–Trinajstić information content (AvgIpc) is 2.29. The van der Waals surface area contributed by atoms with Crippen molar-refractivity contribution >= 4 is 5.95 Å². The second kappa shape index (κ2) is 4.78. The van der Waals surface area contributed by atoms with Crippen LogP contribution in [0.5, 0.6) is 11.6 Å². The van der Waals surface area contributed by atoms with Crippen molar-refractivity contribution in [3.05, 3.63) is 42.3 Å². The van der Waals surface area contributed by atoms with Gasteiger partial charge < -0.3 is 9.64 Å². The number of rotatable bonds is 3. The molecule has 0 N–H and O–H groups in total. The first kappa shape index (κ1) is 11.3. The highest BCUT2D eigenvalue weighted by atomic mass is 19.1. The van der Waals surface area contributed by atoms with E-state index >= 15 is 0 Å². The van der Waals surface area contributed by atoms with Crippen LogP contribution in [0.25, 0.3) is 0 Å². The van der Waals surface area contributed by atoms with Gasteiger partial charge in [-0.05, 0) is 12.1 Å². The van der Waals surface area contributed by atoms with Crippen molar-refractivity contribution in [1.29, 1.82) is 0 Å². The SMILES string of the molecule is CN(C)c1nc(F)cc(Oc2ccccc2)n1. The molecular weight excluding hydrogens is 221 g/mol. The van der Waals surface area contributed by atoms with Gasteiger partial charge in [-0.3, -0.25) is 0 Å². The molecule has 5 heteroatoms. The smallest absolute Gasteiger partial charge is 0.230 e. The maximum absolute atomic E-state index is 13.2. The van der Waals surface area contributed by atoms with Gasteiger partial charge in [0.1, 0.15) is 5.75 Å². The summed E-state index contributed by atoms with van der Waals surface area (Å²) in [4.78, 5) is 9.34. The average molecular weight is 233 g/mol. The normalized spacial score (nSPS) is 10.1. The van der Waals surface area contributed by atoms with Gasteiger partial charge in [0, 0.05) is 14.1 Å². The molecule has 0 amide bonds. The summed E-state index contributed by atoms with van der Waals surface area (Å²) in [5.74, 6) is 0.452. The Morgan fingerprint density at radius 1 is 1.12 bits per heavy atom. The summed E-state index contributed by atoms with van der Waals surface area (Å²) < 4.78 is 18.7. The predicted octanol–water partition coefficient (Wildman–Crippen LogP) is 2.47. The van der Waals surface area contributed by atoms with Crippen LogP contribution in [0.4, 0.5) is 10.3 Å². The quantitative estimate of drug-likeness (QED) is 0.763. The topological polar surface area (TPSA) is 38.2 Å². The number of anilines is 1. The number of ether oxygens (including phenoxy) is 1. The minimum absolute atomic E-state index is 0.187. The Labute approximate surface area is 98.7 Å². The summed E-state index contributed by atoms with van der Waals surface area (Å²) in [7, 11) is 3.47. The Morgan fingerprint density at radius 3 is 2.47 bits per heavy atom. The minimum atomic E-state index is -0.616. The van der Waals surface area contributed by atoms with Gasteiger partial charge in [-0.15, -0.1) is 0 Å². The van der Waals surface area contributed by atoms with Crippen molar-refractivity contribution in [2.24, 2.45) is 0 Å². The van der Waals surface area contributed by atoms with E-state index in [1.807, 2.05) is 18.2 Å². The zero-order valence-corrected chi connectivity index (χ0v) is 9.59. The van der Waals surface area contributed by atoms with Crippen LogP contribution < -0.4 is 9.64 Å². The number of hydrogen-bond donors (Lipinski definition) is 0. The van der Waals surface area contributed by atoms with Gasteiger partial charge in [-0.2, -0.15) is 14.4 Å². The summed E-state index contributed by atoms with van der Waals surface area (Å²) in [6, 6.07) is 10.2. The molecule has 0 saturated heterocycles. The van der Waals surface area contributed by atoms with E-state index in [-0.39, 0.29) is 11.8 Å². The molecule has 0 atom stereocenters. The van der Waals surface area contributed by atoms with Crippen LogP contribution in [0.1, 0.15) is 0 Å². The zero-order valence-electron chi connectivity index (χ0n) is 9.59. The molecule has 1 heterocycles. The van der Waals surface area contributed by atoms with Crippen molar-refractivity contribution in [2.75, 3.05) is 19.0 Å². The molecule has 0 aliphatic heterocycles. The van der Waals surface area contributed by atoms with Crippen LogP contribution in [-0.2, 0) is 0 Å². The van der Waals surface area contributed by atoms with Crippen LogP contribution in [0.3, 0.4) is 0 Å². The summed E-state index contributed by atoms with van der Waals surface area (Å²) in [5.41, 5.74) is 0. The number of halogens is 1. The lowest BCUT2D eigenvalue weighted by Gasteiger charge is -2.11. The van der Waals surface area contributed by atoms with Gasteiger partial charge in [-0.25, -0.2) is 0 Å². The van der Waals surface area contributed by atoms with E-state index in [0.29, 0.717) is 5.75 Å². The molecule has 0 aliphatic rings. The first-order valence-electron chi connectivity index (χ1n) is 5.10. The Kier molecular flexibility index (Phi) is 3.18. The summed E-state index contributed by atoms with van der Waals surface area (Å²) in [6.45, 7) is 0. The molecule has 1 aromatic carbocycles. The van der Waals surface area contributed by atoms with Crippen molar-refractivity contribution in [2.45, 2.75) is 0 Å². The molecule has 17 heavy (non-hydrogen) atoms. The third-order valence-electron chi connectivity index (χ3n) is 2.03. The molecule has 0 bridgehead atoms. The van der Waals surface area contributed by atoms with E-state index in [1.54, 1.807) is 31.1 Å². The molecular formula is C12H12FN3O. The molecule has 0 aliphatic carbocycles. The molecule has 0 unspecified atom stereocenters.